The van der Waals surface area contributed by atoms with E-state index in [4.69, 9.17) is 0 Å². The Morgan fingerprint density at radius 3 is 2.92 bits per heavy atom. The molecule has 1 aromatic heterocycles. The van der Waals surface area contributed by atoms with Crippen LogP contribution in [0.4, 0.5) is 0 Å². The molecule has 0 fully saturated rings. The summed E-state index contributed by atoms with van der Waals surface area (Å²) in [6, 6.07) is 0. The van der Waals surface area contributed by atoms with Gasteiger partial charge in [-0.05, 0) is 25.5 Å². The van der Waals surface area contributed by atoms with Crippen LogP contribution in [0.1, 0.15) is 31.7 Å². The lowest BCUT2D eigenvalue weighted by atomic mass is 10.2. The predicted octanol–water partition coefficient (Wildman–Crippen LogP) is 2.85. The molecule has 13 heavy (non-hydrogen) atoms. The Bertz CT molecular complexity index is 274. The molecule has 1 aliphatic heterocycles. The van der Waals surface area contributed by atoms with E-state index >= 15 is 0 Å². The molecule has 0 amide bonds. The SMILES string of the molecule is CC.Cc1ncc2c(n1)SCCC2. The van der Waals surface area contributed by atoms with Gasteiger partial charge in [0.25, 0.3) is 0 Å². The van der Waals surface area contributed by atoms with Crippen LogP contribution in [-0.2, 0) is 6.42 Å². The van der Waals surface area contributed by atoms with Gasteiger partial charge in [0.15, 0.2) is 0 Å². The van der Waals surface area contributed by atoms with Crippen LogP contribution in [0.15, 0.2) is 11.2 Å². The molecular formula is C10H16N2S. The lowest BCUT2D eigenvalue weighted by molar-refractivity contribution is 0.821. The first-order valence-electron chi connectivity index (χ1n) is 4.81. The van der Waals surface area contributed by atoms with Gasteiger partial charge in [-0.3, -0.25) is 0 Å². The van der Waals surface area contributed by atoms with Crippen molar-refractivity contribution >= 4 is 11.8 Å². The fraction of sp³-hybridized carbons (Fsp3) is 0.600. The largest absolute Gasteiger partial charge is 0.241 e. The topological polar surface area (TPSA) is 25.8 Å². The predicted molar refractivity (Wildman–Crippen MR) is 57.2 cm³/mol. The van der Waals surface area contributed by atoms with Gasteiger partial charge in [-0.1, -0.05) is 13.8 Å². The molecule has 0 radical (unpaired) electrons. The van der Waals surface area contributed by atoms with Crippen molar-refractivity contribution in [2.24, 2.45) is 0 Å². The Morgan fingerprint density at radius 2 is 2.15 bits per heavy atom. The van der Waals surface area contributed by atoms with Crippen LogP contribution in [-0.4, -0.2) is 15.7 Å². The number of nitrogens with zero attached hydrogens (tertiary/aromatic N) is 2. The minimum Gasteiger partial charge on any atom is -0.241 e. The summed E-state index contributed by atoms with van der Waals surface area (Å²) in [5, 5.41) is 1.20. The highest BCUT2D eigenvalue weighted by atomic mass is 32.2. The number of hydrogen-bond acceptors (Lipinski definition) is 3. The number of hydrogen-bond donors (Lipinski definition) is 0. The van der Waals surface area contributed by atoms with Gasteiger partial charge in [-0.25, -0.2) is 9.97 Å². The number of aryl methyl sites for hydroxylation is 2. The van der Waals surface area contributed by atoms with Gasteiger partial charge in [0.05, 0.1) is 0 Å². The number of thioether (sulfide) groups is 1. The first-order chi connectivity index (χ1) is 6.36. The van der Waals surface area contributed by atoms with Crippen molar-refractivity contribution in [3.05, 3.63) is 17.6 Å². The molecule has 1 aliphatic rings. The molecule has 0 unspecified atom stereocenters. The van der Waals surface area contributed by atoms with Gasteiger partial charge in [-0.2, -0.15) is 0 Å². The van der Waals surface area contributed by atoms with Crippen molar-refractivity contribution in [1.82, 2.24) is 9.97 Å². The molecule has 2 rings (SSSR count). The average molecular weight is 196 g/mol. The molecule has 0 spiro atoms. The molecule has 0 aromatic carbocycles. The van der Waals surface area contributed by atoms with Crippen molar-refractivity contribution in [2.75, 3.05) is 5.75 Å². The highest BCUT2D eigenvalue weighted by Gasteiger charge is 2.10. The summed E-state index contributed by atoms with van der Waals surface area (Å²) in [6.07, 6.45) is 4.39. The normalized spacial score (nSPS) is 14.1. The number of fused-ring (bicyclic) bond motifs is 1. The van der Waals surface area contributed by atoms with Crippen LogP contribution in [0.2, 0.25) is 0 Å². The van der Waals surface area contributed by atoms with E-state index in [1.807, 2.05) is 38.7 Å². The minimum absolute atomic E-state index is 0.887. The van der Waals surface area contributed by atoms with Gasteiger partial charge >= 0.3 is 0 Å². The van der Waals surface area contributed by atoms with E-state index in [2.05, 4.69) is 9.97 Å². The van der Waals surface area contributed by atoms with Gasteiger partial charge in [0, 0.05) is 11.8 Å². The van der Waals surface area contributed by atoms with Crippen LogP contribution in [0.3, 0.4) is 0 Å². The molecule has 0 bridgehead atoms. The molecule has 2 heterocycles. The number of aromatic nitrogens is 2. The van der Waals surface area contributed by atoms with Crippen LogP contribution in [0, 0.1) is 6.92 Å². The third kappa shape index (κ3) is 2.69. The fourth-order valence-corrected chi connectivity index (χ4v) is 2.22. The second-order valence-corrected chi connectivity index (χ2v) is 3.78. The second-order valence-electron chi connectivity index (χ2n) is 2.70. The lowest BCUT2D eigenvalue weighted by Crippen LogP contribution is -2.02. The summed E-state index contributed by atoms with van der Waals surface area (Å²) in [4.78, 5) is 8.53. The monoisotopic (exact) mass is 196 g/mol. The van der Waals surface area contributed by atoms with Crippen molar-refractivity contribution < 1.29 is 0 Å². The first-order valence-corrected chi connectivity index (χ1v) is 5.80. The zero-order valence-electron chi connectivity index (χ0n) is 8.50. The second kappa shape index (κ2) is 5.22. The van der Waals surface area contributed by atoms with Gasteiger partial charge in [-0.15, -0.1) is 11.8 Å². The van der Waals surface area contributed by atoms with E-state index in [9.17, 15) is 0 Å². The summed E-state index contributed by atoms with van der Waals surface area (Å²) in [7, 11) is 0. The van der Waals surface area contributed by atoms with Crippen LogP contribution >= 0.6 is 11.8 Å². The summed E-state index contributed by atoms with van der Waals surface area (Å²) < 4.78 is 0. The van der Waals surface area contributed by atoms with Crippen LogP contribution in [0.25, 0.3) is 0 Å². The maximum Gasteiger partial charge on any atom is 0.126 e. The third-order valence-electron chi connectivity index (χ3n) is 1.77. The molecule has 1 aromatic rings. The molecule has 3 heteroatoms. The average Bonchev–Trinajstić information content (AvgIpc) is 2.21. The molecule has 0 saturated carbocycles. The summed E-state index contributed by atoms with van der Waals surface area (Å²) >= 11 is 1.85. The Kier molecular flexibility index (Phi) is 4.22. The number of rotatable bonds is 0. The molecule has 0 atom stereocenters. The smallest absolute Gasteiger partial charge is 0.126 e. The van der Waals surface area contributed by atoms with Crippen molar-refractivity contribution in [3.63, 3.8) is 0 Å². The van der Waals surface area contributed by atoms with Gasteiger partial charge in [0.1, 0.15) is 10.9 Å². The maximum absolute atomic E-state index is 4.37. The fourth-order valence-electron chi connectivity index (χ4n) is 1.20. The molecule has 0 saturated heterocycles. The van der Waals surface area contributed by atoms with E-state index < -0.39 is 0 Å². The first kappa shape index (κ1) is 10.5. The van der Waals surface area contributed by atoms with Crippen LogP contribution < -0.4 is 0 Å². The highest BCUT2D eigenvalue weighted by Crippen LogP contribution is 2.26. The Hall–Kier alpha value is -0.570. The summed E-state index contributed by atoms with van der Waals surface area (Å²) in [5.74, 6) is 2.10. The molecular weight excluding hydrogens is 180 g/mol. The van der Waals surface area contributed by atoms with Gasteiger partial charge in [0.2, 0.25) is 0 Å². The molecule has 0 N–H and O–H groups in total. The van der Waals surface area contributed by atoms with E-state index in [0.717, 1.165) is 12.2 Å². The third-order valence-corrected chi connectivity index (χ3v) is 2.89. The minimum atomic E-state index is 0.887. The lowest BCUT2D eigenvalue weighted by Gasteiger charge is -2.12. The molecule has 2 nitrogen and oxygen atoms in total. The molecule has 0 aliphatic carbocycles. The van der Waals surface area contributed by atoms with Crippen LogP contribution in [0.5, 0.6) is 0 Å². The zero-order valence-corrected chi connectivity index (χ0v) is 9.32. The zero-order chi connectivity index (χ0) is 9.68. The van der Waals surface area contributed by atoms with E-state index in [1.165, 1.54) is 22.8 Å². The van der Waals surface area contributed by atoms with E-state index in [-0.39, 0.29) is 0 Å². The quantitative estimate of drug-likeness (QED) is 0.597. The van der Waals surface area contributed by atoms with Gasteiger partial charge < -0.3 is 0 Å². The highest BCUT2D eigenvalue weighted by molar-refractivity contribution is 7.99. The van der Waals surface area contributed by atoms with Crippen molar-refractivity contribution in [3.8, 4) is 0 Å². The van der Waals surface area contributed by atoms with E-state index in [0.29, 0.717) is 0 Å². The van der Waals surface area contributed by atoms with Crippen molar-refractivity contribution in [2.45, 2.75) is 38.6 Å². The Labute approximate surface area is 84.2 Å². The summed E-state index contributed by atoms with van der Waals surface area (Å²) in [5.41, 5.74) is 1.33. The summed E-state index contributed by atoms with van der Waals surface area (Å²) in [6.45, 7) is 5.94. The maximum atomic E-state index is 4.37. The van der Waals surface area contributed by atoms with Crippen molar-refractivity contribution in [1.29, 1.82) is 0 Å². The molecule has 72 valence electrons. The van der Waals surface area contributed by atoms with E-state index in [1.54, 1.807) is 0 Å². The Balaban J connectivity index is 0.000000396. The standard InChI is InChI=1S/C8H10N2S.C2H6/c1-6-9-5-7-3-2-4-11-8(7)10-6;1-2/h5H,2-4H2,1H3;1-2H3. The Morgan fingerprint density at radius 1 is 1.38 bits per heavy atom.